The van der Waals surface area contributed by atoms with Crippen molar-refractivity contribution in [2.24, 2.45) is 0 Å². The molecule has 0 saturated carbocycles. The quantitative estimate of drug-likeness (QED) is 0.874. The van der Waals surface area contributed by atoms with Crippen molar-refractivity contribution in [1.29, 1.82) is 0 Å². The molecule has 0 radical (unpaired) electrons. The smallest absolute Gasteiger partial charge is 0.145 e. The number of ether oxygens (including phenoxy) is 1. The van der Waals surface area contributed by atoms with Crippen LogP contribution in [0.4, 0.5) is 0 Å². The summed E-state index contributed by atoms with van der Waals surface area (Å²) in [4.78, 5) is 4.19. The lowest BCUT2D eigenvalue weighted by molar-refractivity contribution is 0.194. The molecule has 2 aromatic rings. The van der Waals surface area contributed by atoms with Gasteiger partial charge in [-0.1, -0.05) is 32.0 Å². The summed E-state index contributed by atoms with van der Waals surface area (Å²) in [6.07, 6.45) is 2.16. The molecule has 1 aromatic heterocycles. The molecule has 0 aliphatic heterocycles. The monoisotopic (exact) mass is 271 g/mol. The van der Waals surface area contributed by atoms with E-state index in [4.69, 9.17) is 4.74 Å². The van der Waals surface area contributed by atoms with Crippen molar-refractivity contribution in [2.45, 2.75) is 39.2 Å². The predicted molar refractivity (Wildman–Crippen MR) is 80.1 cm³/mol. The molecule has 0 spiro atoms. The molecule has 2 atom stereocenters. The Morgan fingerprint density at radius 2 is 1.90 bits per heavy atom. The average Bonchev–Trinajstić information content (AvgIpc) is 2.47. The van der Waals surface area contributed by atoms with Gasteiger partial charge in [0.2, 0.25) is 0 Å². The zero-order valence-corrected chi connectivity index (χ0v) is 12.2. The molecule has 1 N–H and O–H groups in total. The van der Waals surface area contributed by atoms with Gasteiger partial charge in [0, 0.05) is 0 Å². The van der Waals surface area contributed by atoms with E-state index < -0.39 is 6.10 Å². The topological polar surface area (TPSA) is 42.4 Å². The number of hydrogen-bond acceptors (Lipinski definition) is 3. The fourth-order valence-electron chi connectivity index (χ4n) is 2.03. The van der Waals surface area contributed by atoms with Crippen LogP contribution in [0, 0.1) is 0 Å². The van der Waals surface area contributed by atoms with E-state index in [2.05, 4.69) is 24.9 Å². The first-order chi connectivity index (χ1) is 9.61. The second-order valence-corrected chi connectivity index (χ2v) is 5.04. The predicted octanol–water partition coefficient (Wildman–Crippen LogP) is 4.44. The standard InChI is InChI=1S/C17H21NO2/c1-4-12(2)15-7-5-6-8-17(15)20-14-9-10-16(13(3)19)18-11-14/h5-13,19H,4H2,1-3H3. The fourth-order valence-corrected chi connectivity index (χ4v) is 2.03. The summed E-state index contributed by atoms with van der Waals surface area (Å²) in [7, 11) is 0. The first-order valence-electron chi connectivity index (χ1n) is 7.02. The molecule has 0 saturated heterocycles. The molecule has 0 aliphatic carbocycles. The van der Waals surface area contributed by atoms with E-state index in [0.29, 0.717) is 17.4 Å². The van der Waals surface area contributed by atoms with Gasteiger partial charge in [0.05, 0.1) is 18.0 Å². The molecule has 2 rings (SSSR count). The number of rotatable bonds is 5. The molecule has 20 heavy (non-hydrogen) atoms. The molecule has 1 heterocycles. The van der Waals surface area contributed by atoms with E-state index in [1.54, 1.807) is 19.2 Å². The van der Waals surface area contributed by atoms with Gasteiger partial charge in [0.1, 0.15) is 11.5 Å². The van der Waals surface area contributed by atoms with Crippen molar-refractivity contribution in [2.75, 3.05) is 0 Å². The lowest BCUT2D eigenvalue weighted by atomic mass is 9.98. The Morgan fingerprint density at radius 3 is 2.50 bits per heavy atom. The van der Waals surface area contributed by atoms with E-state index in [1.165, 1.54) is 5.56 Å². The maximum absolute atomic E-state index is 9.45. The molecule has 0 fully saturated rings. The number of nitrogens with zero attached hydrogens (tertiary/aromatic N) is 1. The van der Waals surface area contributed by atoms with Gasteiger partial charge in [0.15, 0.2) is 0 Å². The van der Waals surface area contributed by atoms with Gasteiger partial charge in [0.25, 0.3) is 0 Å². The highest BCUT2D eigenvalue weighted by molar-refractivity contribution is 5.39. The van der Waals surface area contributed by atoms with Crippen LogP contribution in [0.1, 0.15) is 50.5 Å². The molecular formula is C17H21NO2. The highest BCUT2D eigenvalue weighted by atomic mass is 16.5. The Morgan fingerprint density at radius 1 is 1.15 bits per heavy atom. The van der Waals surface area contributed by atoms with Crippen molar-refractivity contribution >= 4 is 0 Å². The van der Waals surface area contributed by atoms with Crippen LogP contribution in [0.3, 0.4) is 0 Å². The molecule has 0 aliphatic rings. The number of aliphatic hydroxyl groups excluding tert-OH is 1. The van der Waals surface area contributed by atoms with Crippen LogP contribution in [-0.2, 0) is 0 Å². The minimum atomic E-state index is -0.559. The van der Waals surface area contributed by atoms with Gasteiger partial charge in [-0.3, -0.25) is 4.98 Å². The largest absolute Gasteiger partial charge is 0.455 e. The molecule has 0 amide bonds. The molecule has 3 heteroatoms. The van der Waals surface area contributed by atoms with Gasteiger partial charge in [-0.2, -0.15) is 0 Å². The first-order valence-corrected chi connectivity index (χ1v) is 7.02. The summed E-state index contributed by atoms with van der Waals surface area (Å²) in [5, 5.41) is 9.45. The van der Waals surface area contributed by atoms with Gasteiger partial charge < -0.3 is 9.84 Å². The Labute approximate surface area is 120 Å². The Hall–Kier alpha value is -1.87. The van der Waals surface area contributed by atoms with Gasteiger partial charge in [-0.25, -0.2) is 0 Å². The van der Waals surface area contributed by atoms with E-state index in [0.717, 1.165) is 12.2 Å². The van der Waals surface area contributed by atoms with E-state index in [1.807, 2.05) is 24.3 Å². The number of aromatic nitrogens is 1. The molecule has 106 valence electrons. The number of hydrogen-bond donors (Lipinski definition) is 1. The number of para-hydroxylation sites is 1. The molecule has 1 aromatic carbocycles. The third-order valence-corrected chi connectivity index (χ3v) is 3.48. The third kappa shape index (κ3) is 3.36. The van der Waals surface area contributed by atoms with E-state index >= 15 is 0 Å². The van der Waals surface area contributed by atoms with Crippen molar-refractivity contribution in [3.05, 3.63) is 53.9 Å². The van der Waals surface area contributed by atoms with Crippen molar-refractivity contribution in [3.63, 3.8) is 0 Å². The van der Waals surface area contributed by atoms with E-state index in [-0.39, 0.29) is 0 Å². The maximum atomic E-state index is 9.45. The van der Waals surface area contributed by atoms with Gasteiger partial charge >= 0.3 is 0 Å². The van der Waals surface area contributed by atoms with Crippen molar-refractivity contribution in [1.82, 2.24) is 4.98 Å². The first kappa shape index (κ1) is 14.5. The third-order valence-electron chi connectivity index (χ3n) is 3.48. The molecular weight excluding hydrogens is 250 g/mol. The van der Waals surface area contributed by atoms with Crippen LogP contribution in [0.15, 0.2) is 42.6 Å². The number of benzene rings is 1. The van der Waals surface area contributed by atoms with Crippen LogP contribution < -0.4 is 4.74 Å². The highest BCUT2D eigenvalue weighted by Crippen LogP contribution is 2.31. The Kier molecular flexibility index (Phi) is 4.74. The Bertz CT molecular complexity index is 549. The minimum Gasteiger partial charge on any atom is -0.455 e. The van der Waals surface area contributed by atoms with Crippen molar-refractivity contribution < 1.29 is 9.84 Å². The SMILES string of the molecule is CCC(C)c1ccccc1Oc1ccc(C(C)O)nc1. The van der Waals surface area contributed by atoms with Crippen LogP contribution >= 0.6 is 0 Å². The second kappa shape index (κ2) is 6.53. The summed E-state index contributed by atoms with van der Waals surface area (Å²) in [6.45, 7) is 6.05. The van der Waals surface area contributed by atoms with Gasteiger partial charge in [-0.15, -0.1) is 0 Å². The maximum Gasteiger partial charge on any atom is 0.145 e. The zero-order valence-electron chi connectivity index (χ0n) is 12.2. The second-order valence-electron chi connectivity index (χ2n) is 5.04. The zero-order chi connectivity index (χ0) is 14.5. The number of pyridine rings is 1. The minimum absolute atomic E-state index is 0.455. The van der Waals surface area contributed by atoms with Crippen LogP contribution in [0.2, 0.25) is 0 Å². The molecule has 3 nitrogen and oxygen atoms in total. The lowest BCUT2D eigenvalue weighted by Gasteiger charge is -2.15. The summed E-state index contributed by atoms with van der Waals surface area (Å²) < 4.78 is 5.92. The number of aliphatic hydroxyl groups is 1. The lowest BCUT2D eigenvalue weighted by Crippen LogP contribution is -1.98. The summed E-state index contributed by atoms with van der Waals surface area (Å²) in [5.41, 5.74) is 1.85. The molecule has 0 bridgehead atoms. The van der Waals surface area contributed by atoms with Gasteiger partial charge in [-0.05, 0) is 43.0 Å². The van der Waals surface area contributed by atoms with E-state index in [9.17, 15) is 5.11 Å². The van der Waals surface area contributed by atoms with Crippen LogP contribution in [0.25, 0.3) is 0 Å². The van der Waals surface area contributed by atoms with Crippen molar-refractivity contribution in [3.8, 4) is 11.5 Å². The summed E-state index contributed by atoms with van der Waals surface area (Å²) >= 11 is 0. The normalized spacial score (nSPS) is 13.8. The highest BCUT2D eigenvalue weighted by Gasteiger charge is 2.10. The van der Waals surface area contributed by atoms with Crippen LogP contribution in [0.5, 0.6) is 11.5 Å². The average molecular weight is 271 g/mol. The summed E-state index contributed by atoms with van der Waals surface area (Å²) in [6, 6.07) is 11.7. The Balaban J connectivity index is 2.21. The molecule has 2 unspecified atom stereocenters. The summed E-state index contributed by atoms with van der Waals surface area (Å²) in [5.74, 6) is 2.01. The fraction of sp³-hybridized carbons (Fsp3) is 0.353. The van der Waals surface area contributed by atoms with Crippen LogP contribution in [-0.4, -0.2) is 10.1 Å².